The van der Waals surface area contributed by atoms with E-state index in [0.717, 1.165) is 41.0 Å². The van der Waals surface area contributed by atoms with Gasteiger partial charge in [-0.15, -0.1) is 0 Å². The van der Waals surface area contributed by atoms with E-state index in [9.17, 15) is 4.79 Å². The summed E-state index contributed by atoms with van der Waals surface area (Å²) in [5.74, 6) is 1.57. The molecule has 5 rings (SSSR count). The highest BCUT2D eigenvalue weighted by Gasteiger charge is 2.28. The summed E-state index contributed by atoms with van der Waals surface area (Å²) in [5, 5.41) is 0. The Morgan fingerprint density at radius 1 is 1.03 bits per heavy atom. The Balaban J connectivity index is 1.24. The van der Waals surface area contributed by atoms with Gasteiger partial charge in [-0.2, -0.15) is 0 Å². The minimum Gasteiger partial charge on any atom is -0.437 e. The lowest BCUT2D eigenvalue weighted by molar-refractivity contribution is 0.0711. The van der Waals surface area contributed by atoms with Gasteiger partial charge in [0, 0.05) is 55.9 Å². The van der Waals surface area contributed by atoms with E-state index in [1.54, 1.807) is 24.9 Å². The summed E-state index contributed by atoms with van der Waals surface area (Å²) in [7, 11) is 0. The topological polar surface area (TPSA) is 73.1 Å². The van der Waals surface area contributed by atoms with Crippen LogP contribution in [-0.2, 0) is 6.54 Å². The Kier molecular flexibility index (Phi) is 6.33. The maximum Gasteiger partial charge on any atom is 0.253 e. The zero-order valence-corrected chi connectivity index (χ0v) is 19.2. The summed E-state index contributed by atoms with van der Waals surface area (Å²) >= 11 is 0. The van der Waals surface area contributed by atoms with Gasteiger partial charge in [-0.1, -0.05) is 24.3 Å². The van der Waals surface area contributed by atoms with Crippen LogP contribution in [0.5, 0.6) is 11.6 Å². The van der Waals surface area contributed by atoms with Gasteiger partial charge in [0.25, 0.3) is 5.91 Å². The van der Waals surface area contributed by atoms with Crippen molar-refractivity contribution in [1.82, 2.24) is 24.4 Å². The highest BCUT2D eigenvalue weighted by Crippen LogP contribution is 2.34. The van der Waals surface area contributed by atoms with Crippen molar-refractivity contribution in [3.8, 4) is 11.6 Å². The van der Waals surface area contributed by atoms with Crippen LogP contribution < -0.4 is 4.74 Å². The summed E-state index contributed by atoms with van der Waals surface area (Å²) in [5.41, 5.74) is 3.79. The normalized spacial score (nSPS) is 14.2. The van der Waals surface area contributed by atoms with E-state index in [1.807, 2.05) is 71.1 Å². The van der Waals surface area contributed by atoms with Crippen LogP contribution in [0.2, 0.25) is 0 Å². The van der Waals surface area contributed by atoms with Gasteiger partial charge < -0.3 is 14.2 Å². The largest absolute Gasteiger partial charge is 0.437 e. The lowest BCUT2D eigenvalue weighted by atomic mass is 9.93. The number of rotatable bonds is 6. The number of benzene rings is 2. The van der Waals surface area contributed by atoms with E-state index in [2.05, 4.69) is 15.0 Å². The van der Waals surface area contributed by atoms with E-state index < -0.39 is 0 Å². The number of likely N-dealkylation sites (tertiary alicyclic amines) is 1. The number of ether oxygens (including phenoxy) is 1. The molecule has 34 heavy (non-hydrogen) atoms. The first-order chi connectivity index (χ1) is 16.7. The van der Waals surface area contributed by atoms with Gasteiger partial charge in [-0.05, 0) is 55.2 Å². The average molecular weight is 454 g/mol. The Morgan fingerprint density at radius 2 is 1.85 bits per heavy atom. The van der Waals surface area contributed by atoms with E-state index in [4.69, 9.17) is 4.74 Å². The molecule has 1 aliphatic heterocycles. The first-order valence-corrected chi connectivity index (χ1v) is 11.5. The molecule has 1 saturated heterocycles. The van der Waals surface area contributed by atoms with E-state index in [-0.39, 0.29) is 11.8 Å². The third-order valence-corrected chi connectivity index (χ3v) is 6.16. The second-order valence-corrected chi connectivity index (χ2v) is 8.67. The fourth-order valence-corrected chi connectivity index (χ4v) is 4.42. The van der Waals surface area contributed by atoms with Crippen LogP contribution in [0.3, 0.4) is 0 Å². The van der Waals surface area contributed by atoms with Gasteiger partial charge in [0.2, 0.25) is 5.88 Å². The second-order valence-electron chi connectivity index (χ2n) is 8.67. The summed E-state index contributed by atoms with van der Waals surface area (Å²) < 4.78 is 8.08. The van der Waals surface area contributed by atoms with Gasteiger partial charge in [-0.25, -0.2) is 9.97 Å². The molecule has 0 radical (unpaired) electrons. The Morgan fingerprint density at radius 3 is 2.65 bits per heavy atom. The van der Waals surface area contributed by atoms with Crippen molar-refractivity contribution in [3.05, 3.63) is 102 Å². The number of hydrogen-bond donors (Lipinski definition) is 0. The highest BCUT2D eigenvalue weighted by atomic mass is 16.5. The van der Waals surface area contributed by atoms with Gasteiger partial charge in [-0.3, -0.25) is 9.78 Å². The third-order valence-electron chi connectivity index (χ3n) is 6.16. The SMILES string of the molecule is Cc1cccc(Oc2nccnc2C2CCN(C(=O)c3cccc(Cn4ccnc4)c3)CC2)c1. The van der Waals surface area contributed by atoms with Crippen LogP contribution in [0, 0.1) is 6.92 Å². The lowest BCUT2D eigenvalue weighted by Gasteiger charge is -2.32. The summed E-state index contributed by atoms with van der Waals surface area (Å²) in [4.78, 5) is 28.3. The molecule has 0 unspecified atom stereocenters. The maximum absolute atomic E-state index is 13.2. The van der Waals surface area contributed by atoms with Gasteiger partial charge in [0.1, 0.15) is 11.4 Å². The molecule has 0 spiro atoms. The molecule has 1 fully saturated rings. The highest BCUT2D eigenvalue weighted by molar-refractivity contribution is 5.94. The van der Waals surface area contributed by atoms with Crippen molar-refractivity contribution in [2.45, 2.75) is 32.2 Å². The smallest absolute Gasteiger partial charge is 0.253 e. The fourth-order valence-electron chi connectivity index (χ4n) is 4.42. The van der Waals surface area contributed by atoms with Crippen LogP contribution in [-0.4, -0.2) is 43.4 Å². The van der Waals surface area contributed by atoms with E-state index >= 15 is 0 Å². The number of aryl methyl sites for hydroxylation is 1. The second kappa shape index (κ2) is 9.87. The molecule has 0 bridgehead atoms. The molecule has 4 aromatic rings. The van der Waals surface area contributed by atoms with Crippen molar-refractivity contribution in [2.24, 2.45) is 0 Å². The molecule has 3 heterocycles. The van der Waals surface area contributed by atoms with Gasteiger partial charge in [0.15, 0.2) is 0 Å². The zero-order chi connectivity index (χ0) is 23.3. The molecule has 7 heteroatoms. The number of hydrogen-bond acceptors (Lipinski definition) is 5. The fraction of sp³-hybridized carbons (Fsp3) is 0.259. The summed E-state index contributed by atoms with van der Waals surface area (Å²) in [6, 6.07) is 15.8. The number of piperidine rings is 1. The van der Waals surface area contributed by atoms with Crippen molar-refractivity contribution in [3.63, 3.8) is 0 Å². The Labute approximate surface area is 199 Å². The average Bonchev–Trinajstić information content (AvgIpc) is 3.37. The molecule has 0 atom stereocenters. The summed E-state index contributed by atoms with van der Waals surface area (Å²) in [6.07, 6.45) is 10.5. The first-order valence-electron chi connectivity index (χ1n) is 11.5. The zero-order valence-electron chi connectivity index (χ0n) is 19.2. The molecule has 2 aromatic carbocycles. The molecular formula is C27H27N5O2. The van der Waals surface area contributed by atoms with Gasteiger partial charge in [0.05, 0.1) is 6.33 Å². The predicted molar refractivity (Wildman–Crippen MR) is 129 cm³/mol. The number of carbonyl (C=O) groups excluding carboxylic acids is 1. The third kappa shape index (κ3) is 4.98. The van der Waals surface area contributed by atoms with Crippen molar-refractivity contribution < 1.29 is 9.53 Å². The Hall–Kier alpha value is -4.00. The van der Waals surface area contributed by atoms with Crippen molar-refractivity contribution >= 4 is 5.91 Å². The predicted octanol–water partition coefficient (Wildman–Crippen LogP) is 4.84. The molecule has 2 aromatic heterocycles. The van der Waals surface area contributed by atoms with Crippen LogP contribution in [0.1, 0.15) is 45.9 Å². The van der Waals surface area contributed by atoms with Crippen LogP contribution in [0.25, 0.3) is 0 Å². The van der Waals surface area contributed by atoms with Crippen LogP contribution in [0.15, 0.2) is 79.6 Å². The van der Waals surface area contributed by atoms with Crippen LogP contribution in [0.4, 0.5) is 0 Å². The number of imidazole rings is 1. The minimum atomic E-state index is 0.0707. The quantitative estimate of drug-likeness (QED) is 0.418. The molecule has 7 nitrogen and oxygen atoms in total. The van der Waals surface area contributed by atoms with E-state index in [1.165, 1.54) is 0 Å². The Bertz CT molecular complexity index is 1260. The number of amides is 1. The molecule has 0 aliphatic carbocycles. The minimum absolute atomic E-state index is 0.0707. The molecule has 0 N–H and O–H groups in total. The standard InChI is InChI=1S/C27H27N5O2/c1-20-4-2-7-24(16-20)34-26-25(29-10-11-30-26)22-8-13-32(14-9-22)27(33)23-6-3-5-21(17-23)18-31-15-12-28-19-31/h2-7,10-12,15-17,19,22H,8-9,13-14,18H2,1H3. The maximum atomic E-state index is 13.2. The number of aromatic nitrogens is 4. The molecule has 0 saturated carbocycles. The molecule has 1 aliphatic rings. The van der Waals surface area contributed by atoms with Crippen LogP contribution >= 0.6 is 0 Å². The first kappa shape index (κ1) is 21.8. The van der Waals surface area contributed by atoms with Crippen molar-refractivity contribution in [2.75, 3.05) is 13.1 Å². The number of nitrogens with zero attached hydrogens (tertiary/aromatic N) is 5. The lowest BCUT2D eigenvalue weighted by Crippen LogP contribution is -2.38. The summed E-state index contributed by atoms with van der Waals surface area (Å²) in [6.45, 7) is 4.08. The molecule has 1 amide bonds. The number of carbonyl (C=O) groups is 1. The van der Waals surface area contributed by atoms with Gasteiger partial charge >= 0.3 is 0 Å². The monoisotopic (exact) mass is 453 g/mol. The molecular weight excluding hydrogens is 426 g/mol. The molecule has 172 valence electrons. The van der Waals surface area contributed by atoms with E-state index in [0.29, 0.717) is 25.5 Å². The van der Waals surface area contributed by atoms with Crippen molar-refractivity contribution in [1.29, 1.82) is 0 Å².